The summed E-state index contributed by atoms with van der Waals surface area (Å²) in [6.07, 6.45) is 0. The highest BCUT2D eigenvalue weighted by Crippen LogP contribution is 2.19. The molecule has 0 spiro atoms. The number of rotatable bonds is 4. The minimum absolute atomic E-state index is 0.0463. The quantitative estimate of drug-likeness (QED) is 0.872. The molecule has 0 aliphatic heterocycles. The van der Waals surface area contributed by atoms with Crippen LogP contribution < -0.4 is 5.32 Å². The third-order valence-corrected chi connectivity index (χ3v) is 3.32. The van der Waals surface area contributed by atoms with Gasteiger partial charge in [-0.1, -0.05) is 23.7 Å². The van der Waals surface area contributed by atoms with Gasteiger partial charge in [-0.25, -0.2) is 8.78 Å². The Balaban J connectivity index is 2.04. The predicted octanol–water partition coefficient (Wildman–Crippen LogP) is 4.47. The smallest absolute Gasteiger partial charge is 0.123 e. The molecular weight excluding hydrogens is 268 g/mol. The molecular formula is C15H14ClF2N. The van der Waals surface area contributed by atoms with Gasteiger partial charge in [0.25, 0.3) is 0 Å². The lowest BCUT2D eigenvalue weighted by atomic mass is 10.1. The van der Waals surface area contributed by atoms with Gasteiger partial charge in [0.05, 0.1) is 0 Å². The number of halogens is 3. The lowest BCUT2D eigenvalue weighted by Gasteiger charge is -2.15. The second kappa shape index (κ2) is 6.13. The summed E-state index contributed by atoms with van der Waals surface area (Å²) in [5, 5.41) is 3.71. The molecule has 0 saturated carbocycles. The van der Waals surface area contributed by atoms with E-state index in [0.29, 0.717) is 17.1 Å². The summed E-state index contributed by atoms with van der Waals surface area (Å²) in [5.41, 5.74) is 1.53. The Hall–Kier alpha value is -1.45. The lowest BCUT2D eigenvalue weighted by molar-refractivity contribution is 0.561. The van der Waals surface area contributed by atoms with Crippen LogP contribution in [0.15, 0.2) is 42.5 Å². The third-order valence-electron chi connectivity index (χ3n) is 2.96. The first-order chi connectivity index (χ1) is 9.06. The normalized spacial score (nSPS) is 12.4. The van der Waals surface area contributed by atoms with Crippen molar-refractivity contribution >= 4 is 11.6 Å². The van der Waals surface area contributed by atoms with Crippen LogP contribution in [0.5, 0.6) is 0 Å². The van der Waals surface area contributed by atoms with Crippen molar-refractivity contribution < 1.29 is 8.78 Å². The molecule has 0 aliphatic carbocycles. The van der Waals surface area contributed by atoms with Gasteiger partial charge in [-0.05, 0) is 48.4 Å². The highest BCUT2D eigenvalue weighted by Gasteiger charge is 2.08. The Bertz CT molecular complexity index is 572. The molecule has 0 radical (unpaired) electrons. The van der Waals surface area contributed by atoms with E-state index in [1.807, 2.05) is 13.0 Å². The topological polar surface area (TPSA) is 12.0 Å². The molecule has 100 valence electrons. The Morgan fingerprint density at radius 3 is 2.58 bits per heavy atom. The summed E-state index contributed by atoms with van der Waals surface area (Å²) in [4.78, 5) is 0. The Kier molecular flexibility index (Phi) is 4.51. The van der Waals surface area contributed by atoms with Gasteiger partial charge in [-0.2, -0.15) is 0 Å². The second-order valence-corrected chi connectivity index (χ2v) is 4.80. The van der Waals surface area contributed by atoms with Crippen LogP contribution in [-0.4, -0.2) is 0 Å². The van der Waals surface area contributed by atoms with Gasteiger partial charge in [-0.3, -0.25) is 0 Å². The maximum atomic E-state index is 13.1. The first kappa shape index (κ1) is 14.0. The fourth-order valence-corrected chi connectivity index (χ4v) is 2.02. The molecule has 0 bridgehead atoms. The predicted molar refractivity (Wildman–Crippen MR) is 73.1 cm³/mol. The minimum Gasteiger partial charge on any atom is -0.306 e. The van der Waals surface area contributed by atoms with Crippen molar-refractivity contribution in [3.63, 3.8) is 0 Å². The molecule has 19 heavy (non-hydrogen) atoms. The molecule has 1 atom stereocenters. The maximum Gasteiger partial charge on any atom is 0.123 e. The van der Waals surface area contributed by atoms with Crippen LogP contribution in [0.3, 0.4) is 0 Å². The molecule has 0 heterocycles. The van der Waals surface area contributed by atoms with E-state index in [-0.39, 0.29) is 17.7 Å². The van der Waals surface area contributed by atoms with Crippen LogP contribution >= 0.6 is 11.6 Å². The van der Waals surface area contributed by atoms with Gasteiger partial charge in [0.1, 0.15) is 11.6 Å². The monoisotopic (exact) mass is 281 g/mol. The largest absolute Gasteiger partial charge is 0.306 e. The van der Waals surface area contributed by atoms with E-state index in [1.165, 1.54) is 30.3 Å². The summed E-state index contributed by atoms with van der Waals surface area (Å²) in [5.74, 6) is -0.588. The van der Waals surface area contributed by atoms with E-state index in [9.17, 15) is 8.78 Å². The van der Waals surface area contributed by atoms with Gasteiger partial charge >= 0.3 is 0 Å². The number of nitrogens with one attached hydrogen (secondary N) is 1. The number of hydrogen-bond acceptors (Lipinski definition) is 1. The van der Waals surface area contributed by atoms with Crippen molar-refractivity contribution in [2.45, 2.75) is 19.5 Å². The highest BCUT2D eigenvalue weighted by atomic mass is 35.5. The maximum absolute atomic E-state index is 13.1. The summed E-state index contributed by atoms with van der Waals surface area (Å²) < 4.78 is 26.2. The fourth-order valence-electron chi connectivity index (χ4n) is 1.84. The molecule has 2 aromatic carbocycles. The molecule has 2 aromatic rings. The molecule has 0 unspecified atom stereocenters. The van der Waals surface area contributed by atoms with Crippen molar-refractivity contribution in [1.29, 1.82) is 0 Å². The van der Waals surface area contributed by atoms with Gasteiger partial charge in [0, 0.05) is 17.6 Å². The van der Waals surface area contributed by atoms with Crippen LogP contribution in [0.4, 0.5) is 8.78 Å². The van der Waals surface area contributed by atoms with Crippen molar-refractivity contribution in [3.8, 4) is 0 Å². The van der Waals surface area contributed by atoms with Crippen molar-refractivity contribution in [2.75, 3.05) is 0 Å². The summed E-state index contributed by atoms with van der Waals surface area (Å²) in [6, 6.07) is 10.6. The SMILES string of the molecule is C[C@@H](NCc1cc(F)ccc1Cl)c1cccc(F)c1. The molecule has 0 saturated heterocycles. The zero-order chi connectivity index (χ0) is 13.8. The molecule has 1 nitrogen and oxygen atoms in total. The van der Waals surface area contributed by atoms with Crippen molar-refractivity contribution in [3.05, 3.63) is 70.2 Å². The molecule has 4 heteroatoms. The Labute approximate surface area is 116 Å². The average Bonchev–Trinajstić information content (AvgIpc) is 2.39. The molecule has 0 fully saturated rings. The Morgan fingerprint density at radius 1 is 1.11 bits per heavy atom. The summed E-state index contributed by atoms with van der Waals surface area (Å²) in [7, 11) is 0. The molecule has 1 N–H and O–H groups in total. The number of hydrogen-bond donors (Lipinski definition) is 1. The molecule has 0 aliphatic rings. The van der Waals surface area contributed by atoms with Crippen LogP contribution in [-0.2, 0) is 6.54 Å². The molecule has 0 amide bonds. The first-order valence-corrected chi connectivity index (χ1v) is 6.37. The standard InChI is InChI=1S/C15H14ClF2N/c1-10(11-3-2-4-13(17)7-11)19-9-12-8-14(18)5-6-15(12)16/h2-8,10,19H,9H2,1H3/t10-/m1/s1. The summed E-state index contributed by atoms with van der Waals surface area (Å²) in [6.45, 7) is 2.34. The second-order valence-electron chi connectivity index (χ2n) is 4.39. The minimum atomic E-state index is -0.320. The third kappa shape index (κ3) is 3.75. The van der Waals surface area contributed by atoms with E-state index < -0.39 is 0 Å². The van der Waals surface area contributed by atoms with E-state index >= 15 is 0 Å². The lowest BCUT2D eigenvalue weighted by Crippen LogP contribution is -2.18. The van der Waals surface area contributed by atoms with Crippen LogP contribution in [0.1, 0.15) is 24.1 Å². The zero-order valence-electron chi connectivity index (χ0n) is 10.5. The van der Waals surface area contributed by atoms with Crippen LogP contribution in [0, 0.1) is 11.6 Å². The van der Waals surface area contributed by atoms with Gasteiger partial charge < -0.3 is 5.32 Å². The van der Waals surface area contributed by atoms with E-state index in [0.717, 1.165) is 5.56 Å². The van der Waals surface area contributed by atoms with Crippen molar-refractivity contribution in [2.24, 2.45) is 0 Å². The van der Waals surface area contributed by atoms with E-state index in [4.69, 9.17) is 11.6 Å². The van der Waals surface area contributed by atoms with Gasteiger partial charge in [0.15, 0.2) is 0 Å². The van der Waals surface area contributed by atoms with Gasteiger partial charge in [-0.15, -0.1) is 0 Å². The Morgan fingerprint density at radius 2 is 1.84 bits per heavy atom. The first-order valence-electron chi connectivity index (χ1n) is 5.99. The molecule has 0 aromatic heterocycles. The van der Waals surface area contributed by atoms with E-state index in [2.05, 4.69) is 5.32 Å². The zero-order valence-corrected chi connectivity index (χ0v) is 11.2. The average molecular weight is 282 g/mol. The van der Waals surface area contributed by atoms with Crippen LogP contribution in [0.25, 0.3) is 0 Å². The fraction of sp³-hybridized carbons (Fsp3) is 0.200. The molecule has 2 rings (SSSR count). The number of benzene rings is 2. The van der Waals surface area contributed by atoms with Crippen molar-refractivity contribution in [1.82, 2.24) is 5.32 Å². The van der Waals surface area contributed by atoms with Gasteiger partial charge in [0.2, 0.25) is 0 Å². The summed E-state index contributed by atoms with van der Waals surface area (Å²) >= 11 is 5.98. The highest BCUT2D eigenvalue weighted by molar-refractivity contribution is 6.31. The van der Waals surface area contributed by atoms with E-state index in [1.54, 1.807) is 6.07 Å². The van der Waals surface area contributed by atoms with Crippen LogP contribution in [0.2, 0.25) is 5.02 Å².